The molecule has 6 nitrogen and oxygen atoms in total. The van der Waals surface area contributed by atoms with Crippen LogP contribution in [0.4, 0.5) is 5.69 Å². The Labute approximate surface area is 148 Å². The molecule has 1 atom stereocenters. The molecule has 1 aliphatic rings. The van der Waals surface area contributed by atoms with Crippen LogP contribution in [0, 0.1) is 0 Å². The Hall–Kier alpha value is -2.12. The zero-order valence-corrected chi connectivity index (χ0v) is 14.8. The molecule has 0 bridgehead atoms. The second-order valence-electron chi connectivity index (χ2n) is 5.70. The van der Waals surface area contributed by atoms with Gasteiger partial charge in [0.25, 0.3) is 11.8 Å². The molecule has 24 heavy (non-hydrogen) atoms. The highest BCUT2D eigenvalue weighted by atomic mass is 79.9. The van der Waals surface area contributed by atoms with Gasteiger partial charge >= 0.3 is 0 Å². The van der Waals surface area contributed by atoms with Gasteiger partial charge in [-0.15, -0.1) is 0 Å². The number of likely N-dealkylation sites (N-methyl/N-ethyl adjacent to an activating group) is 1. The van der Waals surface area contributed by atoms with Crippen molar-refractivity contribution in [3.8, 4) is 0 Å². The molecule has 1 aliphatic heterocycles. The van der Waals surface area contributed by atoms with Crippen LogP contribution in [0.1, 0.15) is 27.3 Å². The summed E-state index contributed by atoms with van der Waals surface area (Å²) in [7, 11) is 1.82. The first kappa shape index (κ1) is 16.7. The summed E-state index contributed by atoms with van der Waals surface area (Å²) in [6.07, 6.45) is 0.967. The number of nitrogens with one attached hydrogen (secondary N) is 2. The molecule has 1 aromatic heterocycles. The van der Waals surface area contributed by atoms with E-state index < -0.39 is 0 Å². The van der Waals surface area contributed by atoms with E-state index in [0.29, 0.717) is 15.9 Å². The molecule has 0 spiro atoms. The van der Waals surface area contributed by atoms with E-state index in [1.807, 2.05) is 7.05 Å². The van der Waals surface area contributed by atoms with Crippen LogP contribution in [0.5, 0.6) is 0 Å². The monoisotopic (exact) mass is 391 g/mol. The maximum absolute atomic E-state index is 12.5. The Balaban J connectivity index is 1.64. The number of halogens is 1. The number of nitrogens with zero attached hydrogens (tertiary/aromatic N) is 1. The van der Waals surface area contributed by atoms with Gasteiger partial charge in [0.2, 0.25) is 0 Å². The topological polar surface area (TPSA) is 74.6 Å². The van der Waals surface area contributed by atoms with Gasteiger partial charge in [-0.05, 0) is 65.3 Å². The minimum Gasteiger partial charge on any atom is -0.444 e. The van der Waals surface area contributed by atoms with Crippen molar-refractivity contribution in [1.82, 2.24) is 10.2 Å². The molecular formula is C17H18BrN3O3. The third kappa shape index (κ3) is 3.68. The van der Waals surface area contributed by atoms with Gasteiger partial charge in [0, 0.05) is 30.9 Å². The van der Waals surface area contributed by atoms with Crippen molar-refractivity contribution < 1.29 is 14.0 Å². The summed E-state index contributed by atoms with van der Waals surface area (Å²) in [6, 6.07) is 10.3. The fraction of sp³-hybridized carbons (Fsp3) is 0.294. The highest BCUT2D eigenvalue weighted by molar-refractivity contribution is 9.10. The normalized spacial score (nSPS) is 16.8. The number of furan rings is 1. The molecule has 2 heterocycles. The van der Waals surface area contributed by atoms with Crippen LogP contribution in [0.3, 0.4) is 0 Å². The van der Waals surface area contributed by atoms with Crippen LogP contribution in [0.25, 0.3) is 0 Å². The zero-order chi connectivity index (χ0) is 17.1. The second-order valence-corrected chi connectivity index (χ2v) is 6.48. The molecule has 2 aromatic rings. The number of hydrogen-bond acceptors (Lipinski definition) is 4. The lowest BCUT2D eigenvalue weighted by atomic mass is 10.1. The van der Waals surface area contributed by atoms with Crippen molar-refractivity contribution in [2.75, 3.05) is 25.5 Å². The van der Waals surface area contributed by atoms with E-state index in [1.54, 1.807) is 41.3 Å². The summed E-state index contributed by atoms with van der Waals surface area (Å²) >= 11 is 3.16. The lowest BCUT2D eigenvalue weighted by molar-refractivity contribution is 0.0743. The smallest absolute Gasteiger partial charge is 0.291 e. The lowest BCUT2D eigenvalue weighted by Crippen LogP contribution is -2.38. The van der Waals surface area contributed by atoms with Crippen molar-refractivity contribution in [3.63, 3.8) is 0 Å². The maximum Gasteiger partial charge on any atom is 0.291 e. The van der Waals surface area contributed by atoms with Crippen molar-refractivity contribution in [2.45, 2.75) is 12.5 Å². The minimum atomic E-state index is -0.339. The van der Waals surface area contributed by atoms with Gasteiger partial charge in [-0.3, -0.25) is 9.59 Å². The predicted molar refractivity (Wildman–Crippen MR) is 94.2 cm³/mol. The fourth-order valence-corrected chi connectivity index (χ4v) is 2.97. The highest BCUT2D eigenvalue weighted by Gasteiger charge is 2.24. The van der Waals surface area contributed by atoms with E-state index >= 15 is 0 Å². The summed E-state index contributed by atoms with van der Waals surface area (Å²) in [5, 5.41) is 5.99. The molecular weight excluding hydrogens is 374 g/mol. The molecule has 126 valence electrons. The first-order valence-corrected chi connectivity index (χ1v) is 8.48. The molecule has 2 N–H and O–H groups in total. The van der Waals surface area contributed by atoms with Crippen LogP contribution in [0.2, 0.25) is 0 Å². The molecule has 0 aliphatic carbocycles. The molecule has 7 heteroatoms. The van der Waals surface area contributed by atoms with Gasteiger partial charge in [0.05, 0.1) is 0 Å². The molecule has 1 aromatic carbocycles. The molecule has 0 radical (unpaired) electrons. The van der Waals surface area contributed by atoms with Crippen molar-refractivity contribution >= 4 is 33.4 Å². The number of carbonyl (C=O) groups excluding carboxylic acids is 2. The summed E-state index contributed by atoms with van der Waals surface area (Å²) in [4.78, 5) is 26.3. The number of hydrogen-bond donors (Lipinski definition) is 2. The number of amides is 2. The third-order valence-corrected chi connectivity index (χ3v) is 4.52. The first-order chi connectivity index (χ1) is 11.5. The molecule has 1 saturated heterocycles. The number of rotatable bonds is 4. The Kier molecular flexibility index (Phi) is 5.01. The van der Waals surface area contributed by atoms with Crippen molar-refractivity contribution in [1.29, 1.82) is 0 Å². The average Bonchev–Trinajstić information content (AvgIpc) is 3.26. The molecule has 3 rings (SSSR count). The summed E-state index contributed by atoms with van der Waals surface area (Å²) in [5.74, 6) is -0.138. The van der Waals surface area contributed by atoms with Gasteiger partial charge < -0.3 is 20.0 Å². The van der Waals surface area contributed by atoms with Crippen LogP contribution in [0.15, 0.2) is 45.5 Å². The van der Waals surface area contributed by atoms with Gasteiger partial charge in [-0.25, -0.2) is 0 Å². The lowest BCUT2D eigenvalue weighted by Gasteiger charge is -2.23. The standard InChI is InChI=1S/C17H18BrN3O3/c1-21(13-8-9-19-10-13)17(23)11-2-4-12(5-3-11)20-16(22)14-6-7-15(18)24-14/h2-7,13,19H,8-10H2,1H3,(H,20,22). The molecule has 0 saturated carbocycles. The van der Waals surface area contributed by atoms with Gasteiger partial charge in [-0.2, -0.15) is 0 Å². The van der Waals surface area contributed by atoms with E-state index in [4.69, 9.17) is 4.42 Å². The van der Waals surface area contributed by atoms with Gasteiger partial charge in [0.15, 0.2) is 10.4 Å². The Bertz CT molecular complexity index is 736. The van der Waals surface area contributed by atoms with Crippen LogP contribution in [-0.4, -0.2) is 42.9 Å². The van der Waals surface area contributed by atoms with Crippen molar-refractivity contribution in [2.24, 2.45) is 0 Å². The number of benzene rings is 1. The highest BCUT2D eigenvalue weighted by Crippen LogP contribution is 2.17. The summed E-state index contributed by atoms with van der Waals surface area (Å²) in [5.41, 5.74) is 1.21. The Morgan fingerprint density at radius 2 is 2.00 bits per heavy atom. The van der Waals surface area contributed by atoms with E-state index in [0.717, 1.165) is 19.5 Å². The van der Waals surface area contributed by atoms with E-state index in [1.165, 1.54) is 0 Å². The van der Waals surface area contributed by atoms with E-state index in [-0.39, 0.29) is 23.6 Å². The van der Waals surface area contributed by atoms with E-state index in [9.17, 15) is 9.59 Å². The summed E-state index contributed by atoms with van der Waals surface area (Å²) < 4.78 is 5.70. The quantitative estimate of drug-likeness (QED) is 0.839. The number of anilines is 1. The molecule has 1 fully saturated rings. The van der Waals surface area contributed by atoms with Crippen LogP contribution < -0.4 is 10.6 Å². The second kappa shape index (κ2) is 7.19. The SMILES string of the molecule is CN(C(=O)c1ccc(NC(=O)c2ccc(Br)o2)cc1)C1CCNC1. The Morgan fingerprint density at radius 3 is 2.58 bits per heavy atom. The summed E-state index contributed by atoms with van der Waals surface area (Å²) in [6.45, 7) is 1.77. The fourth-order valence-electron chi connectivity index (χ4n) is 2.66. The van der Waals surface area contributed by atoms with Gasteiger partial charge in [0.1, 0.15) is 0 Å². The van der Waals surface area contributed by atoms with Gasteiger partial charge in [-0.1, -0.05) is 0 Å². The predicted octanol–water partition coefficient (Wildman–Crippen LogP) is 2.73. The largest absolute Gasteiger partial charge is 0.444 e. The number of carbonyl (C=O) groups is 2. The minimum absolute atomic E-state index is 0.0171. The third-order valence-electron chi connectivity index (χ3n) is 4.09. The zero-order valence-electron chi connectivity index (χ0n) is 13.2. The van der Waals surface area contributed by atoms with E-state index in [2.05, 4.69) is 26.6 Å². The van der Waals surface area contributed by atoms with Crippen LogP contribution in [-0.2, 0) is 0 Å². The molecule has 1 unspecified atom stereocenters. The van der Waals surface area contributed by atoms with Crippen LogP contribution >= 0.6 is 15.9 Å². The average molecular weight is 392 g/mol. The first-order valence-electron chi connectivity index (χ1n) is 7.69. The Morgan fingerprint density at radius 1 is 1.25 bits per heavy atom. The van der Waals surface area contributed by atoms with Crippen molar-refractivity contribution in [3.05, 3.63) is 52.4 Å². The maximum atomic E-state index is 12.5. The molecule has 2 amide bonds.